The Balaban J connectivity index is 2.46. The van der Waals surface area contributed by atoms with Crippen LogP contribution in [-0.4, -0.2) is 5.97 Å². The molecule has 0 saturated heterocycles. The molecule has 74 valence electrons. The molecule has 2 rings (SSSR count). The quantitative estimate of drug-likeness (QED) is 0.654. The van der Waals surface area contributed by atoms with Crippen molar-refractivity contribution in [3.63, 3.8) is 0 Å². The van der Waals surface area contributed by atoms with Gasteiger partial charge >= 0.3 is 0 Å². The fraction of sp³-hybridized carbons (Fsp3) is 0. The zero-order valence-corrected chi connectivity index (χ0v) is 7.96. The van der Waals surface area contributed by atoms with Crippen molar-refractivity contribution in [3.05, 3.63) is 60.4 Å². The lowest BCUT2D eigenvalue weighted by Gasteiger charge is -2.00. The van der Waals surface area contributed by atoms with Crippen molar-refractivity contribution < 1.29 is 14.5 Å². The Morgan fingerprint density at radius 1 is 1.07 bits per heavy atom. The van der Waals surface area contributed by atoms with Gasteiger partial charge < -0.3 is 9.90 Å². The molecule has 0 aliphatic rings. The highest BCUT2D eigenvalue weighted by atomic mass is 16.4. The summed E-state index contributed by atoms with van der Waals surface area (Å²) in [4.78, 5) is 10.7. The molecule has 1 aromatic heterocycles. The smallest absolute Gasteiger partial charge is 0.210 e. The molecule has 0 bridgehead atoms. The van der Waals surface area contributed by atoms with Crippen LogP contribution >= 0.6 is 0 Å². The molecule has 0 N–H and O–H groups in total. The van der Waals surface area contributed by atoms with Crippen molar-refractivity contribution in [2.45, 2.75) is 0 Å². The standard InChI is InChI=1S/C12H9NO2/c14-12(15)10-5-4-8-13(9-10)11-6-2-1-3-7-11/h1-9H. The van der Waals surface area contributed by atoms with Crippen LogP contribution in [0.25, 0.3) is 5.69 Å². The minimum Gasteiger partial charge on any atom is -0.545 e. The minimum absolute atomic E-state index is 0.168. The second kappa shape index (κ2) is 3.92. The molecular formula is C12H9NO2. The molecule has 1 aromatic carbocycles. The normalized spacial score (nSPS) is 9.87. The Morgan fingerprint density at radius 2 is 1.80 bits per heavy atom. The lowest BCUT2D eigenvalue weighted by molar-refractivity contribution is -0.596. The van der Waals surface area contributed by atoms with Gasteiger partial charge in [0, 0.05) is 18.2 Å². The maximum Gasteiger partial charge on any atom is 0.210 e. The molecule has 15 heavy (non-hydrogen) atoms. The number of aromatic carboxylic acids is 1. The number of hydrogen-bond acceptors (Lipinski definition) is 2. The van der Waals surface area contributed by atoms with Crippen molar-refractivity contribution >= 4 is 5.97 Å². The SMILES string of the molecule is O=C([O-])c1ccc[n+](-c2ccccc2)c1. The predicted molar refractivity (Wildman–Crippen MR) is 52.3 cm³/mol. The summed E-state index contributed by atoms with van der Waals surface area (Å²) in [6, 6.07) is 12.7. The largest absolute Gasteiger partial charge is 0.545 e. The van der Waals surface area contributed by atoms with E-state index >= 15 is 0 Å². The van der Waals surface area contributed by atoms with E-state index < -0.39 is 5.97 Å². The molecule has 0 fully saturated rings. The van der Waals surface area contributed by atoms with Gasteiger partial charge in [-0.1, -0.05) is 18.2 Å². The molecule has 0 unspecified atom stereocenters. The molecule has 1 heterocycles. The van der Waals surface area contributed by atoms with Crippen LogP contribution in [0.5, 0.6) is 0 Å². The van der Waals surface area contributed by atoms with E-state index in [4.69, 9.17) is 0 Å². The molecule has 2 aromatic rings. The van der Waals surface area contributed by atoms with Crippen molar-refractivity contribution in [2.75, 3.05) is 0 Å². The number of carbonyl (C=O) groups is 1. The Bertz CT molecular complexity index is 480. The topological polar surface area (TPSA) is 44.0 Å². The number of carboxylic acid groups (broad SMARTS) is 1. The zero-order valence-electron chi connectivity index (χ0n) is 7.96. The summed E-state index contributed by atoms with van der Waals surface area (Å²) in [6.45, 7) is 0. The fourth-order valence-corrected chi connectivity index (χ4v) is 1.36. The third kappa shape index (κ3) is 2.02. The highest BCUT2D eigenvalue weighted by molar-refractivity contribution is 5.84. The third-order valence-corrected chi connectivity index (χ3v) is 2.09. The molecule has 0 aliphatic carbocycles. The van der Waals surface area contributed by atoms with Gasteiger partial charge in [-0.3, -0.25) is 0 Å². The second-order valence-corrected chi connectivity index (χ2v) is 3.12. The Kier molecular flexibility index (Phi) is 2.46. The number of para-hydroxylation sites is 1. The van der Waals surface area contributed by atoms with Gasteiger partial charge in [-0.25, -0.2) is 0 Å². The van der Waals surface area contributed by atoms with Crippen LogP contribution in [-0.2, 0) is 0 Å². The van der Waals surface area contributed by atoms with Crippen molar-refractivity contribution in [3.8, 4) is 5.69 Å². The lowest BCUT2D eigenvalue weighted by Crippen LogP contribution is -2.33. The minimum atomic E-state index is -1.17. The summed E-state index contributed by atoms with van der Waals surface area (Å²) in [5, 5.41) is 10.7. The summed E-state index contributed by atoms with van der Waals surface area (Å²) >= 11 is 0. The molecular weight excluding hydrogens is 190 g/mol. The first-order valence-electron chi connectivity index (χ1n) is 4.55. The van der Waals surface area contributed by atoms with Crippen LogP contribution in [0, 0.1) is 0 Å². The number of pyridine rings is 1. The van der Waals surface area contributed by atoms with Gasteiger partial charge in [-0.05, 0) is 6.07 Å². The van der Waals surface area contributed by atoms with E-state index in [-0.39, 0.29) is 5.56 Å². The van der Waals surface area contributed by atoms with Gasteiger partial charge in [0.05, 0.1) is 11.5 Å². The molecule has 0 radical (unpaired) electrons. The molecule has 0 amide bonds. The van der Waals surface area contributed by atoms with E-state index in [1.54, 1.807) is 16.8 Å². The van der Waals surface area contributed by atoms with E-state index in [1.807, 2.05) is 30.3 Å². The van der Waals surface area contributed by atoms with E-state index in [0.717, 1.165) is 5.69 Å². The zero-order chi connectivity index (χ0) is 10.7. The van der Waals surface area contributed by atoms with Crippen LogP contribution in [0.4, 0.5) is 0 Å². The van der Waals surface area contributed by atoms with Gasteiger partial charge in [0.1, 0.15) is 0 Å². The summed E-state index contributed by atoms with van der Waals surface area (Å²) in [6.07, 6.45) is 3.33. The number of aromatic nitrogens is 1. The molecule has 0 aliphatic heterocycles. The van der Waals surface area contributed by atoms with Crippen LogP contribution in [0.2, 0.25) is 0 Å². The van der Waals surface area contributed by atoms with E-state index in [2.05, 4.69) is 0 Å². The number of hydrogen-bond donors (Lipinski definition) is 0. The highest BCUT2D eigenvalue weighted by Gasteiger charge is 2.05. The fourth-order valence-electron chi connectivity index (χ4n) is 1.36. The van der Waals surface area contributed by atoms with Gasteiger partial charge in [0.15, 0.2) is 12.4 Å². The average molecular weight is 199 g/mol. The first-order valence-corrected chi connectivity index (χ1v) is 4.55. The molecule has 0 atom stereocenters. The van der Waals surface area contributed by atoms with E-state index in [0.29, 0.717) is 0 Å². The molecule has 0 spiro atoms. The number of rotatable bonds is 2. The van der Waals surface area contributed by atoms with Gasteiger partial charge in [0.2, 0.25) is 5.69 Å². The number of carboxylic acids is 1. The maximum absolute atomic E-state index is 10.7. The molecule has 3 nitrogen and oxygen atoms in total. The molecule has 0 saturated carbocycles. The van der Waals surface area contributed by atoms with Crippen LogP contribution in [0.1, 0.15) is 10.4 Å². The van der Waals surface area contributed by atoms with Gasteiger partial charge in [0.25, 0.3) is 0 Å². The second-order valence-electron chi connectivity index (χ2n) is 3.12. The summed E-state index contributed by atoms with van der Waals surface area (Å²) in [5.74, 6) is -1.17. The average Bonchev–Trinajstić information content (AvgIpc) is 2.30. The van der Waals surface area contributed by atoms with Crippen molar-refractivity contribution in [2.24, 2.45) is 0 Å². The lowest BCUT2D eigenvalue weighted by atomic mass is 10.2. The highest BCUT2D eigenvalue weighted by Crippen LogP contribution is 1.99. The van der Waals surface area contributed by atoms with Crippen LogP contribution in [0.3, 0.4) is 0 Å². The molecule has 3 heteroatoms. The Labute approximate surface area is 87.2 Å². The predicted octanol–water partition coefficient (Wildman–Crippen LogP) is 0.327. The third-order valence-electron chi connectivity index (χ3n) is 2.09. The number of nitrogens with zero attached hydrogens (tertiary/aromatic N) is 1. The van der Waals surface area contributed by atoms with Gasteiger partial charge in [-0.2, -0.15) is 4.57 Å². The summed E-state index contributed by atoms with van der Waals surface area (Å²) in [7, 11) is 0. The van der Waals surface area contributed by atoms with Gasteiger partial charge in [-0.15, -0.1) is 0 Å². The van der Waals surface area contributed by atoms with E-state index in [9.17, 15) is 9.90 Å². The van der Waals surface area contributed by atoms with Crippen LogP contribution in [0.15, 0.2) is 54.9 Å². The van der Waals surface area contributed by atoms with E-state index in [1.165, 1.54) is 12.3 Å². The van der Waals surface area contributed by atoms with Crippen LogP contribution < -0.4 is 9.67 Å². The monoisotopic (exact) mass is 199 g/mol. The Hall–Kier alpha value is -2.16. The van der Waals surface area contributed by atoms with Crippen molar-refractivity contribution in [1.29, 1.82) is 0 Å². The number of carbonyl (C=O) groups excluding carboxylic acids is 1. The first-order chi connectivity index (χ1) is 7.27. The summed E-state index contributed by atoms with van der Waals surface area (Å²) in [5.41, 5.74) is 1.09. The number of benzene rings is 1. The summed E-state index contributed by atoms with van der Waals surface area (Å²) < 4.78 is 1.74. The van der Waals surface area contributed by atoms with Crippen molar-refractivity contribution in [1.82, 2.24) is 0 Å². The maximum atomic E-state index is 10.7. The first kappa shape index (κ1) is 9.40. The Morgan fingerprint density at radius 3 is 2.47 bits per heavy atom.